The van der Waals surface area contributed by atoms with Crippen LogP contribution in [0.2, 0.25) is 0 Å². The fourth-order valence-corrected chi connectivity index (χ4v) is 3.31. The van der Waals surface area contributed by atoms with E-state index in [1.165, 1.54) is 23.5 Å². The number of ether oxygens (including phenoxy) is 3. The molecular weight excluding hydrogens is 444 g/mol. The van der Waals surface area contributed by atoms with Gasteiger partial charge < -0.3 is 14.2 Å². The summed E-state index contributed by atoms with van der Waals surface area (Å²) in [5, 5.41) is 8.03. The normalized spacial score (nSPS) is 23.0. The molecule has 174 valence electrons. The van der Waals surface area contributed by atoms with E-state index in [2.05, 4.69) is 20.2 Å². The van der Waals surface area contributed by atoms with Crippen molar-refractivity contribution in [1.82, 2.24) is 29.5 Å². The molecule has 1 aliphatic heterocycles. The van der Waals surface area contributed by atoms with E-state index in [-0.39, 0.29) is 30.6 Å². The molecule has 12 nitrogen and oxygen atoms in total. The van der Waals surface area contributed by atoms with Crippen molar-refractivity contribution in [1.29, 1.82) is 0 Å². The maximum absolute atomic E-state index is 12.6. The number of halogens is 1. The van der Waals surface area contributed by atoms with Crippen LogP contribution < -0.4 is 5.69 Å². The number of nitrogens with zero attached hydrogens (tertiary/aromatic N) is 6. The second kappa shape index (κ2) is 9.74. The van der Waals surface area contributed by atoms with Crippen molar-refractivity contribution in [2.45, 2.75) is 52.0 Å². The van der Waals surface area contributed by atoms with Crippen molar-refractivity contribution in [2.75, 3.05) is 12.5 Å². The summed E-state index contributed by atoms with van der Waals surface area (Å²) in [7, 11) is 0. The summed E-state index contributed by atoms with van der Waals surface area (Å²) in [6.07, 6.45) is 2.26. The van der Waals surface area contributed by atoms with Crippen LogP contribution in [0.25, 0.3) is 5.82 Å². The van der Waals surface area contributed by atoms with Crippen LogP contribution in [0, 0.1) is 11.8 Å². The second-order valence-corrected chi connectivity index (χ2v) is 8.30. The van der Waals surface area contributed by atoms with E-state index in [0.29, 0.717) is 0 Å². The van der Waals surface area contributed by atoms with E-state index < -0.39 is 41.5 Å². The lowest BCUT2D eigenvalue weighted by Crippen LogP contribution is -2.49. The highest BCUT2D eigenvalue weighted by Gasteiger charge is 2.53. The number of carbonyl (C=O) groups excluding carboxylic acids is 2. The van der Waals surface area contributed by atoms with Crippen LogP contribution in [0.5, 0.6) is 0 Å². The third-order valence-corrected chi connectivity index (χ3v) is 5.34. The molecule has 0 aromatic carbocycles. The topological polar surface area (TPSA) is 140 Å². The predicted octanol–water partition coefficient (Wildman–Crippen LogP) is 0.883. The molecule has 2 aromatic heterocycles. The molecular formula is C19H25ClN6O6. The molecule has 0 amide bonds. The number of hydrogen-bond donors (Lipinski definition) is 0. The molecule has 3 atom stereocenters. The zero-order valence-corrected chi connectivity index (χ0v) is 18.9. The molecule has 1 saturated heterocycles. The smallest absolute Gasteiger partial charge is 0.368 e. The lowest BCUT2D eigenvalue weighted by Gasteiger charge is -2.32. The Bertz CT molecular complexity index is 1010. The number of carbonyl (C=O) groups is 2. The number of esters is 2. The minimum absolute atomic E-state index is 0.0711. The fourth-order valence-electron chi connectivity index (χ4n) is 2.99. The van der Waals surface area contributed by atoms with Crippen molar-refractivity contribution in [3.63, 3.8) is 0 Å². The second-order valence-electron chi connectivity index (χ2n) is 8.03. The number of aromatic nitrogens is 6. The standard InChI is InChI=1S/C19H25ClN6O6/c1-11(2)16(27)30-8-19(7-20)13(31-17(28)12(3)4)5-15(32-19)26-18(29)24-14(6-22-26)25-10-21-9-23-25/h6,9-13,15H,5,7-8H2,1-4H3/t13-,15+,19+/m0/s1. The molecule has 0 saturated carbocycles. The van der Waals surface area contributed by atoms with Gasteiger partial charge in [0.15, 0.2) is 17.6 Å². The Morgan fingerprint density at radius 2 is 1.97 bits per heavy atom. The van der Waals surface area contributed by atoms with E-state index in [1.807, 2.05) is 0 Å². The van der Waals surface area contributed by atoms with E-state index >= 15 is 0 Å². The average molecular weight is 469 g/mol. The van der Waals surface area contributed by atoms with Crippen LogP contribution in [0.1, 0.15) is 40.3 Å². The quantitative estimate of drug-likeness (QED) is 0.405. The first kappa shape index (κ1) is 23.8. The summed E-state index contributed by atoms with van der Waals surface area (Å²) >= 11 is 6.22. The molecule has 0 N–H and O–H groups in total. The Hall–Kier alpha value is -2.86. The molecule has 0 radical (unpaired) electrons. The van der Waals surface area contributed by atoms with Crippen LogP contribution in [0.15, 0.2) is 23.6 Å². The summed E-state index contributed by atoms with van der Waals surface area (Å²) in [5.74, 6) is -1.66. The molecule has 0 unspecified atom stereocenters. The third kappa shape index (κ3) is 4.96. The fraction of sp³-hybridized carbons (Fsp3) is 0.632. The van der Waals surface area contributed by atoms with E-state index in [4.69, 9.17) is 25.8 Å². The molecule has 1 fully saturated rings. The van der Waals surface area contributed by atoms with Gasteiger partial charge in [0.2, 0.25) is 0 Å². The molecule has 0 aliphatic carbocycles. The van der Waals surface area contributed by atoms with Crippen LogP contribution in [0.3, 0.4) is 0 Å². The lowest BCUT2D eigenvalue weighted by molar-refractivity contribution is -0.177. The van der Waals surface area contributed by atoms with Gasteiger partial charge in [-0.1, -0.05) is 27.7 Å². The maximum atomic E-state index is 12.6. The zero-order valence-electron chi connectivity index (χ0n) is 18.2. The summed E-state index contributed by atoms with van der Waals surface area (Å²) in [6.45, 7) is 6.51. The van der Waals surface area contributed by atoms with E-state index in [9.17, 15) is 14.4 Å². The van der Waals surface area contributed by atoms with Gasteiger partial charge in [-0.25, -0.2) is 14.5 Å². The number of rotatable bonds is 8. The van der Waals surface area contributed by atoms with Gasteiger partial charge in [-0.3, -0.25) is 9.59 Å². The Morgan fingerprint density at radius 3 is 2.53 bits per heavy atom. The Morgan fingerprint density at radius 1 is 1.25 bits per heavy atom. The third-order valence-electron chi connectivity index (χ3n) is 4.89. The molecule has 13 heteroatoms. The van der Waals surface area contributed by atoms with Crippen LogP contribution >= 0.6 is 11.6 Å². The molecule has 2 aromatic rings. The largest absolute Gasteiger partial charge is 0.462 e. The summed E-state index contributed by atoms with van der Waals surface area (Å²) in [5.41, 5.74) is -2.06. The summed E-state index contributed by atoms with van der Waals surface area (Å²) in [4.78, 5) is 44.7. The van der Waals surface area contributed by atoms with Gasteiger partial charge in [0.05, 0.1) is 23.9 Å². The average Bonchev–Trinajstić information content (AvgIpc) is 3.40. The van der Waals surface area contributed by atoms with Crippen LogP contribution in [-0.2, 0) is 23.8 Å². The SMILES string of the molecule is CC(C)C(=O)OC[C@@]1(CCl)O[C@@H](n2ncc(-n3cncn3)nc2=O)C[C@@H]1OC(=O)C(C)C. The highest BCUT2D eigenvalue weighted by Crippen LogP contribution is 2.39. The minimum atomic E-state index is -1.35. The van der Waals surface area contributed by atoms with Crippen LogP contribution in [0.4, 0.5) is 0 Å². The molecule has 3 rings (SSSR count). The first-order valence-electron chi connectivity index (χ1n) is 10.1. The Labute approximate surface area is 188 Å². The predicted molar refractivity (Wildman–Crippen MR) is 110 cm³/mol. The van der Waals surface area contributed by atoms with Crippen LogP contribution in [-0.4, -0.2) is 65.7 Å². The monoisotopic (exact) mass is 468 g/mol. The number of alkyl halides is 1. The first-order chi connectivity index (χ1) is 15.2. The van der Waals surface area contributed by atoms with Crippen molar-refractivity contribution >= 4 is 23.5 Å². The molecule has 1 aliphatic rings. The molecule has 32 heavy (non-hydrogen) atoms. The molecule has 0 spiro atoms. The van der Waals surface area contributed by atoms with Crippen molar-refractivity contribution in [2.24, 2.45) is 11.8 Å². The summed E-state index contributed by atoms with van der Waals surface area (Å²) < 4.78 is 19.3. The van der Waals surface area contributed by atoms with Gasteiger partial charge in [0.1, 0.15) is 25.4 Å². The first-order valence-corrected chi connectivity index (χ1v) is 10.6. The highest BCUT2D eigenvalue weighted by atomic mass is 35.5. The van der Waals surface area contributed by atoms with Crippen molar-refractivity contribution in [3.8, 4) is 5.82 Å². The Kier molecular flexibility index (Phi) is 7.24. The lowest BCUT2D eigenvalue weighted by atomic mass is 9.99. The van der Waals surface area contributed by atoms with Gasteiger partial charge in [0.25, 0.3) is 0 Å². The summed E-state index contributed by atoms with van der Waals surface area (Å²) in [6, 6.07) is 0. The van der Waals surface area contributed by atoms with Gasteiger partial charge in [-0.2, -0.15) is 19.9 Å². The van der Waals surface area contributed by atoms with E-state index in [0.717, 1.165) is 4.68 Å². The van der Waals surface area contributed by atoms with Gasteiger partial charge in [-0.15, -0.1) is 11.6 Å². The van der Waals surface area contributed by atoms with Gasteiger partial charge in [0, 0.05) is 6.42 Å². The molecule has 0 bridgehead atoms. The van der Waals surface area contributed by atoms with Gasteiger partial charge in [-0.05, 0) is 0 Å². The number of hydrogen-bond acceptors (Lipinski definition) is 10. The minimum Gasteiger partial charge on any atom is -0.462 e. The van der Waals surface area contributed by atoms with E-state index in [1.54, 1.807) is 27.7 Å². The molecule has 3 heterocycles. The van der Waals surface area contributed by atoms with Gasteiger partial charge >= 0.3 is 17.6 Å². The zero-order chi connectivity index (χ0) is 23.5. The maximum Gasteiger partial charge on any atom is 0.368 e. The highest BCUT2D eigenvalue weighted by molar-refractivity contribution is 6.18. The van der Waals surface area contributed by atoms with Crippen molar-refractivity contribution in [3.05, 3.63) is 29.3 Å². The van der Waals surface area contributed by atoms with Crippen molar-refractivity contribution < 1.29 is 23.8 Å². The Balaban J connectivity index is 1.88.